The van der Waals surface area contributed by atoms with E-state index in [4.69, 9.17) is 5.73 Å². The van der Waals surface area contributed by atoms with Crippen LogP contribution in [0.4, 0.5) is 13.2 Å². The largest absolute Gasteiger partial charge is 0.391 e. The molecule has 0 radical (unpaired) electrons. The number of halogens is 3. The Hall–Kier alpha value is -1.07. The molecule has 0 spiro atoms. The van der Waals surface area contributed by atoms with Gasteiger partial charge in [0.2, 0.25) is 0 Å². The van der Waals surface area contributed by atoms with Crippen molar-refractivity contribution in [2.24, 2.45) is 11.1 Å². The molecular formula is C12H16F3NO. The summed E-state index contributed by atoms with van der Waals surface area (Å²) in [5, 5.41) is 9.88. The van der Waals surface area contributed by atoms with E-state index in [1.807, 2.05) is 0 Å². The van der Waals surface area contributed by atoms with Crippen LogP contribution in [-0.4, -0.2) is 11.2 Å². The molecule has 2 atom stereocenters. The molecule has 1 aromatic rings. The van der Waals surface area contributed by atoms with Gasteiger partial charge in [-0.2, -0.15) is 0 Å². The Morgan fingerprint density at radius 2 is 1.65 bits per heavy atom. The quantitative estimate of drug-likeness (QED) is 0.789. The first-order chi connectivity index (χ1) is 7.66. The van der Waals surface area contributed by atoms with Crippen molar-refractivity contribution in [3.8, 4) is 0 Å². The monoisotopic (exact) mass is 247 g/mol. The summed E-state index contributed by atoms with van der Waals surface area (Å²) in [5.74, 6) is -4.19. The van der Waals surface area contributed by atoms with E-state index in [9.17, 15) is 18.3 Å². The molecule has 0 aliphatic carbocycles. The lowest BCUT2D eigenvalue weighted by molar-refractivity contribution is 0.0389. The summed E-state index contributed by atoms with van der Waals surface area (Å²) in [6.07, 6.45) is -1.07. The zero-order valence-corrected chi connectivity index (χ0v) is 9.97. The lowest BCUT2D eigenvalue weighted by Gasteiger charge is -2.31. The molecule has 0 bridgehead atoms. The van der Waals surface area contributed by atoms with E-state index in [1.54, 1.807) is 20.8 Å². The summed E-state index contributed by atoms with van der Waals surface area (Å²) in [6.45, 7) is 5.15. The molecule has 0 aromatic heterocycles. The number of aliphatic hydroxyl groups is 1. The van der Waals surface area contributed by atoms with Crippen molar-refractivity contribution in [1.82, 2.24) is 0 Å². The molecule has 96 valence electrons. The second kappa shape index (κ2) is 4.66. The van der Waals surface area contributed by atoms with Crippen molar-refractivity contribution in [3.63, 3.8) is 0 Å². The van der Waals surface area contributed by atoms with E-state index in [-0.39, 0.29) is 5.56 Å². The van der Waals surface area contributed by atoms with Crippen LogP contribution in [0.3, 0.4) is 0 Å². The molecule has 0 heterocycles. The van der Waals surface area contributed by atoms with E-state index < -0.39 is 35.0 Å². The molecule has 0 fully saturated rings. The Morgan fingerprint density at radius 3 is 2.12 bits per heavy atom. The first-order valence-electron chi connectivity index (χ1n) is 5.23. The molecule has 1 aromatic carbocycles. The van der Waals surface area contributed by atoms with Crippen LogP contribution in [0.15, 0.2) is 12.1 Å². The highest BCUT2D eigenvalue weighted by molar-refractivity contribution is 5.24. The van der Waals surface area contributed by atoms with E-state index in [0.29, 0.717) is 0 Å². The van der Waals surface area contributed by atoms with Gasteiger partial charge in [0, 0.05) is 5.56 Å². The SMILES string of the molecule is CC(C)(C)[C@H](O)[C@H](N)c1ccc(F)c(F)c1F. The zero-order chi connectivity index (χ0) is 13.4. The van der Waals surface area contributed by atoms with Gasteiger partial charge in [0.15, 0.2) is 17.5 Å². The highest BCUT2D eigenvalue weighted by atomic mass is 19.2. The van der Waals surface area contributed by atoms with Gasteiger partial charge >= 0.3 is 0 Å². The third kappa shape index (κ3) is 2.79. The van der Waals surface area contributed by atoms with Crippen LogP contribution in [0.25, 0.3) is 0 Å². The fourth-order valence-electron chi connectivity index (χ4n) is 1.51. The maximum atomic E-state index is 13.5. The number of hydrogen-bond donors (Lipinski definition) is 2. The van der Waals surface area contributed by atoms with Crippen molar-refractivity contribution < 1.29 is 18.3 Å². The average Bonchev–Trinajstić information content (AvgIpc) is 2.23. The predicted octanol–water partition coefficient (Wildman–Crippen LogP) is 2.51. The van der Waals surface area contributed by atoms with Crippen molar-refractivity contribution in [1.29, 1.82) is 0 Å². The standard InChI is InChI=1S/C12H16F3NO/c1-12(2,3)11(17)10(16)6-4-5-7(13)9(15)8(6)14/h4-5,10-11,17H,16H2,1-3H3/t10-,11-/m1/s1. The lowest BCUT2D eigenvalue weighted by Crippen LogP contribution is -2.37. The number of nitrogens with two attached hydrogens (primary N) is 1. The van der Waals surface area contributed by atoms with E-state index in [0.717, 1.165) is 12.1 Å². The number of rotatable bonds is 2. The maximum Gasteiger partial charge on any atom is 0.194 e. The summed E-state index contributed by atoms with van der Waals surface area (Å²) in [4.78, 5) is 0. The normalized spacial score (nSPS) is 15.8. The number of aliphatic hydroxyl groups excluding tert-OH is 1. The van der Waals surface area contributed by atoms with Crippen LogP contribution in [0.5, 0.6) is 0 Å². The van der Waals surface area contributed by atoms with Gasteiger partial charge in [-0.3, -0.25) is 0 Å². The van der Waals surface area contributed by atoms with E-state index in [2.05, 4.69) is 0 Å². The molecule has 17 heavy (non-hydrogen) atoms. The van der Waals surface area contributed by atoms with Gasteiger partial charge in [-0.25, -0.2) is 13.2 Å². The topological polar surface area (TPSA) is 46.2 Å². The Bertz CT molecular complexity index is 415. The van der Waals surface area contributed by atoms with Crippen LogP contribution < -0.4 is 5.73 Å². The molecule has 0 saturated heterocycles. The van der Waals surface area contributed by atoms with Crippen LogP contribution in [0.1, 0.15) is 32.4 Å². The fourth-order valence-corrected chi connectivity index (χ4v) is 1.51. The molecule has 0 unspecified atom stereocenters. The van der Waals surface area contributed by atoms with Crippen LogP contribution in [-0.2, 0) is 0 Å². The van der Waals surface area contributed by atoms with Gasteiger partial charge in [0.25, 0.3) is 0 Å². The van der Waals surface area contributed by atoms with E-state index in [1.165, 1.54) is 0 Å². The smallest absolute Gasteiger partial charge is 0.194 e. The minimum absolute atomic E-state index is 0.230. The summed E-state index contributed by atoms with van der Waals surface area (Å²) in [5.41, 5.74) is 4.85. The van der Waals surface area contributed by atoms with Gasteiger partial charge in [0.05, 0.1) is 12.1 Å². The molecular weight excluding hydrogens is 231 g/mol. The highest BCUT2D eigenvalue weighted by Gasteiger charge is 2.31. The highest BCUT2D eigenvalue weighted by Crippen LogP contribution is 2.30. The van der Waals surface area contributed by atoms with Gasteiger partial charge in [-0.05, 0) is 11.5 Å². The summed E-state index contributed by atoms with van der Waals surface area (Å²) in [6, 6.07) is 0.737. The first kappa shape index (κ1) is 14.0. The molecule has 0 amide bonds. The van der Waals surface area contributed by atoms with Crippen LogP contribution >= 0.6 is 0 Å². The molecule has 5 heteroatoms. The minimum Gasteiger partial charge on any atom is -0.391 e. The summed E-state index contributed by atoms with van der Waals surface area (Å²) < 4.78 is 39.2. The van der Waals surface area contributed by atoms with E-state index >= 15 is 0 Å². The van der Waals surface area contributed by atoms with Gasteiger partial charge < -0.3 is 10.8 Å². The Labute approximate surface area is 98.3 Å². The average molecular weight is 247 g/mol. The van der Waals surface area contributed by atoms with Gasteiger partial charge in [-0.1, -0.05) is 26.8 Å². The molecule has 0 aliphatic heterocycles. The first-order valence-corrected chi connectivity index (χ1v) is 5.23. The Kier molecular flexibility index (Phi) is 3.84. The number of hydrogen-bond acceptors (Lipinski definition) is 2. The summed E-state index contributed by atoms with van der Waals surface area (Å²) in [7, 11) is 0. The zero-order valence-electron chi connectivity index (χ0n) is 9.97. The molecule has 0 saturated carbocycles. The van der Waals surface area contributed by atoms with Crippen LogP contribution in [0, 0.1) is 22.9 Å². The third-order valence-electron chi connectivity index (χ3n) is 2.65. The van der Waals surface area contributed by atoms with Gasteiger partial charge in [-0.15, -0.1) is 0 Å². The Morgan fingerprint density at radius 1 is 1.12 bits per heavy atom. The second-order valence-corrected chi connectivity index (χ2v) is 5.10. The van der Waals surface area contributed by atoms with Gasteiger partial charge in [0.1, 0.15) is 0 Å². The fraction of sp³-hybridized carbons (Fsp3) is 0.500. The lowest BCUT2D eigenvalue weighted by atomic mass is 9.82. The molecule has 0 aliphatic rings. The predicted molar refractivity (Wildman–Crippen MR) is 58.7 cm³/mol. The van der Waals surface area contributed by atoms with Crippen molar-refractivity contribution in [2.75, 3.05) is 0 Å². The minimum atomic E-state index is -1.57. The van der Waals surface area contributed by atoms with Crippen molar-refractivity contribution >= 4 is 0 Å². The molecule has 3 N–H and O–H groups in total. The second-order valence-electron chi connectivity index (χ2n) is 5.10. The maximum absolute atomic E-state index is 13.5. The molecule has 1 rings (SSSR count). The summed E-state index contributed by atoms with van der Waals surface area (Å²) >= 11 is 0. The van der Waals surface area contributed by atoms with Crippen molar-refractivity contribution in [2.45, 2.75) is 32.9 Å². The van der Waals surface area contributed by atoms with Crippen molar-refractivity contribution in [3.05, 3.63) is 35.1 Å². The third-order valence-corrected chi connectivity index (χ3v) is 2.65. The Balaban J connectivity index is 3.14. The molecule has 2 nitrogen and oxygen atoms in total. The number of benzene rings is 1. The van der Waals surface area contributed by atoms with Crippen LogP contribution in [0.2, 0.25) is 0 Å².